The Morgan fingerprint density at radius 2 is 2.23 bits per heavy atom. The zero-order valence-corrected chi connectivity index (χ0v) is 7.61. The summed E-state index contributed by atoms with van der Waals surface area (Å²) in [6.45, 7) is 1.60. The molecular weight excluding hydrogens is 170 g/mol. The molecule has 1 heterocycles. The summed E-state index contributed by atoms with van der Waals surface area (Å²) < 4.78 is 5.07. The van der Waals surface area contributed by atoms with Gasteiger partial charge in [0.1, 0.15) is 6.61 Å². The molecular formula is C9H15NO3. The first-order valence-electron chi connectivity index (χ1n) is 4.82. The second kappa shape index (κ2) is 3.64. The van der Waals surface area contributed by atoms with Crippen LogP contribution < -0.4 is 0 Å². The Labute approximate surface area is 77.5 Å². The molecule has 1 unspecified atom stereocenters. The molecule has 1 N–H and O–H groups in total. The quantitative estimate of drug-likeness (QED) is 0.670. The minimum atomic E-state index is -0.878. The zero-order valence-electron chi connectivity index (χ0n) is 7.61. The largest absolute Gasteiger partial charge is 0.480 e. The van der Waals surface area contributed by atoms with Crippen molar-refractivity contribution < 1.29 is 14.6 Å². The van der Waals surface area contributed by atoms with E-state index in [2.05, 4.69) is 4.90 Å². The molecule has 1 saturated carbocycles. The predicted molar refractivity (Wildman–Crippen MR) is 46.6 cm³/mol. The van der Waals surface area contributed by atoms with Crippen LogP contribution in [0.4, 0.5) is 0 Å². The number of ether oxygens (including phenoxy) is 1. The fourth-order valence-corrected chi connectivity index (χ4v) is 1.81. The van der Waals surface area contributed by atoms with Gasteiger partial charge in [-0.2, -0.15) is 0 Å². The lowest BCUT2D eigenvalue weighted by Crippen LogP contribution is -2.51. The molecule has 2 rings (SSSR count). The summed E-state index contributed by atoms with van der Waals surface area (Å²) in [5.74, 6) is -0.878. The summed E-state index contributed by atoms with van der Waals surface area (Å²) in [6, 6.07) is 1.28. The van der Waals surface area contributed by atoms with E-state index in [4.69, 9.17) is 9.84 Å². The fourth-order valence-electron chi connectivity index (χ4n) is 1.81. The summed E-state index contributed by atoms with van der Waals surface area (Å²) >= 11 is 0. The van der Waals surface area contributed by atoms with E-state index in [9.17, 15) is 4.79 Å². The van der Waals surface area contributed by atoms with Crippen LogP contribution in [-0.4, -0.2) is 47.8 Å². The Bertz CT molecular complexity index is 203. The molecule has 13 heavy (non-hydrogen) atoms. The molecule has 74 valence electrons. The Kier molecular flexibility index (Phi) is 2.51. The van der Waals surface area contributed by atoms with Gasteiger partial charge in [0.05, 0.1) is 6.61 Å². The summed E-state index contributed by atoms with van der Waals surface area (Å²) in [7, 11) is 0. The SMILES string of the molecule is O=C(O)COCC1CCN1C1CC1. The minimum absolute atomic E-state index is 0.158. The zero-order chi connectivity index (χ0) is 9.26. The number of nitrogens with zero attached hydrogens (tertiary/aromatic N) is 1. The van der Waals surface area contributed by atoms with Crippen molar-refractivity contribution in [1.29, 1.82) is 0 Å². The van der Waals surface area contributed by atoms with E-state index in [0.717, 1.165) is 12.5 Å². The predicted octanol–water partition coefficient (Wildman–Crippen LogP) is 0.324. The number of carbonyl (C=O) groups is 1. The third-order valence-electron chi connectivity index (χ3n) is 2.74. The van der Waals surface area contributed by atoms with Crippen molar-refractivity contribution in [3.8, 4) is 0 Å². The van der Waals surface area contributed by atoms with E-state index in [0.29, 0.717) is 12.6 Å². The Balaban J connectivity index is 1.61. The molecule has 0 aromatic carbocycles. The number of hydrogen-bond donors (Lipinski definition) is 1. The average Bonchev–Trinajstić information content (AvgIpc) is 2.79. The molecule has 0 bridgehead atoms. The summed E-state index contributed by atoms with van der Waals surface area (Å²) in [6.07, 6.45) is 3.79. The standard InChI is InChI=1S/C9H15NO3/c11-9(12)6-13-5-8-3-4-10(8)7-1-2-7/h7-8H,1-6H2,(H,11,12). The lowest BCUT2D eigenvalue weighted by molar-refractivity contribution is -0.143. The molecule has 2 aliphatic rings. The first-order chi connectivity index (χ1) is 6.27. The molecule has 1 atom stereocenters. The first kappa shape index (κ1) is 8.97. The van der Waals surface area contributed by atoms with Gasteiger partial charge in [0, 0.05) is 18.6 Å². The third kappa shape index (κ3) is 2.19. The molecule has 1 aliphatic heterocycles. The van der Waals surface area contributed by atoms with Gasteiger partial charge in [-0.05, 0) is 19.3 Å². The number of hydrogen-bond acceptors (Lipinski definition) is 3. The van der Waals surface area contributed by atoms with E-state index >= 15 is 0 Å². The maximum Gasteiger partial charge on any atom is 0.329 e. The van der Waals surface area contributed by atoms with E-state index in [1.807, 2.05) is 0 Å². The highest BCUT2D eigenvalue weighted by Gasteiger charge is 2.39. The van der Waals surface area contributed by atoms with E-state index in [-0.39, 0.29) is 6.61 Å². The van der Waals surface area contributed by atoms with Crippen LogP contribution in [0.15, 0.2) is 0 Å². The highest BCUT2D eigenvalue weighted by molar-refractivity contribution is 5.67. The Hall–Kier alpha value is -0.610. The van der Waals surface area contributed by atoms with Crippen LogP contribution in [0.3, 0.4) is 0 Å². The van der Waals surface area contributed by atoms with Gasteiger partial charge >= 0.3 is 5.97 Å². The van der Waals surface area contributed by atoms with Gasteiger partial charge in [-0.15, -0.1) is 0 Å². The average molecular weight is 185 g/mol. The second-order valence-electron chi connectivity index (χ2n) is 3.82. The van der Waals surface area contributed by atoms with Gasteiger partial charge in [0.15, 0.2) is 0 Å². The Morgan fingerprint density at radius 3 is 2.69 bits per heavy atom. The van der Waals surface area contributed by atoms with Crippen LogP contribution in [0, 0.1) is 0 Å². The molecule has 1 saturated heterocycles. The topological polar surface area (TPSA) is 49.8 Å². The minimum Gasteiger partial charge on any atom is -0.480 e. The smallest absolute Gasteiger partial charge is 0.329 e. The Morgan fingerprint density at radius 1 is 1.46 bits per heavy atom. The molecule has 0 radical (unpaired) electrons. The van der Waals surface area contributed by atoms with Crippen LogP contribution in [0.25, 0.3) is 0 Å². The van der Waals surface area contributed by atoms with Crippen molar-refractivity contribution >= 4 is 5.97 Å². The number of carboxylic acids is 1. The van der Waals surface area contributed by atoms with Gasteiger partial charge in [0.2, 0.25) is 0 Å². The van der Waals surface area contributed by atoms with Gasteiger partial charge in [-0.25, -0.2) is 4.79 Å². The van der Waals surface area contributed by atoms with Crippen LogP contribution >= 0.6 is 0 Å². The summed E-state index contributed by atoms with van der Waals surface area (Å²) in [5.41, 5.74) is 0. The molecule has 4 heteroatoms. The van der Waals surface area contributed by atoms with Crippen LogP contribution in [0.5, 0.6) is 0 Å². The lowest BCUT2D eigenvalue weighted by atomic mass is 10.0. The van der Waals surface area contributed by atoms with Crippen molar-refractivity contribution in [3.63, 3.8) is 0 Å². The monoisotopic (exact) mass is 185 g/mol. The first-order valence-corrected chi connectivity index (χ1v) is 4.82. The van der Waals surface area contributed by atoms with E-state index < -0.39 is 5.97 Å². The van der Waals surface area contributed by atoms with Gasteiger partial charge in [0.25, 0.3) is 0 Å². The van der Waals surface area contributed by atoms with E-state index in [1.165, 1.54) is 19.4 Å². The molecule has 4 nitrogen and oxygen atoms in total. The fraction of sp³-hybridized carbons (Fsp3) is 0.889. The highest BCUT2D eigenvalue weighted by Crippen LogP contribution is 2.34. The van der Waals surface area contributed by atoms with Crippen molar-refractivity contribution in [1.82, 2.24) is 4.90 Å². The molecule has 0 aromatic heterocycles. The van der Waals surface area contributed by atoms with Crippen molar-refractivity contribution in [3.05, 3.63) is 0 Å². The molecule has 2 fully saturated rings. The lowest BCUT2D eigenvalue weighted by Gasteiger charge is -2.40. The maximum absolute atomic E-state index is 10.2. The molecule has 1 aliphatic carbocycles. The highest BCUT2D eigenvalue weighted by atomic mass is 16.5. The van der Waals surface area contributed by atoms with Crippen molar-refractivity contribution in [2.75, 3.05) is 19.8 Å². The number of carboxylic acid groups (broad SMARTS) is 1. The van der Waals surface area contributed by atoms with Gasteiger partial charge < -0.3 is 9.84 Å². The molecule has 0 spiro atoms. The number of rotatable bonds is 5. The normalized spacial score (nSPS) is 28.5. The third-order valence-corrected chi connectivity index (χ3v) is 2.74. The van der Waals surface area contributed by atoms with E-state index in [1.54, 1.807) is 0 Å². The second-order valence-corrected chi connectivity index (χ2v) is 3.82. The summed E-state index contributed by atoms with van der Waals surface area (Å²) in [5, 5.41) is 8.37. The van der Waals surface area contributed by atoms with Gasteiger partial charge in [-0.1, -0.05) is 0 Å². The molecule has 0 aromatic rings. The number of likely N-dealkylation sites (tertiary alicyclic amines) is 1. The van der Waals surface area contributed by atoms with Crippen LogP contribution in [0.2, 0.25) is 0 Å². The molecule has 0 amide bonds. The van der Waals surface area contributed by atoms with Crippen molar-refractivity contribution in [2.45, 2.75) is 31.3 Å². The van der Waals surface area contributed by atoms with Gasteiger partial charge in [-0.3, -0.25) is 4.90 Å². The van der Waals surface area contributed by atoms with Crippen LogP contribution in [-0.2, 0) is 9.53 Å². The number of aliphatic carboxylic acids is 1. The van der Waals surface area contributed by atoms with Crippen LogP contribution in [0.1, 0.15) is 19.3 Å². The van der Waals surface area contributed by atoms with Crippen molar-refractivity contribution in [2.24, 2.45) is 0 Å². The maximum atomic E-state index is 10.2. The summed E-state index contributed by atoms with van der Waals surface area (Å²) in [4.78, 5) is 12.6.